The van der Waals surface area contributed by atoms with Crippen molar-refractivity contribution in [1.29, 1.82) is 0 Å². The zero-order chi connectivity index (χ0) is 16.1. The van der Waals surface area contributed by atoms with Crippen LogP contribution in [0, 0.1) is 0 Å². The molecule has 0 aliphatic heterocycles. The molecule has 0 bridgehead atoms. The number of nitrogens with one attached hydrogen (secondary N) is 1. The first-order valence-electron chi connectivity index (χ1n) is 8.19. The van der Waals surface area contributed by atoms with Gasteiger partial charge in [-0.2, -0.15) is 0 Å². The molecule has 0 fully saturated rings. The molecule has 0 spiro atoms. The molecule has 0 aliphatic carbocycles. The minimum atomic E-state index is -0.567. The molecule has 5 nitrogen and oxygen atoms in total. The van der Waals surface area contributed by atoms with Gasteiger partial charge in [0.25, 0.3) is 0 Å². The maximum atomic E-state index is 11.6. The number of nitrogens with zero attached hydrogens (tertiary/aromatic N) is 1. The van der Waals surface area contributed by atoms with Gasteiger partial charge in [-0.05, 0) is 13.3 Å². The van der Waals surface area contributed by atoms with E-state index >= 15 is 0 Å². The van der Waals surface area contributed by atoms with Gasteiger partial charge in [-0.25, -0.2) is 0 Å². The van der Waals surface area contributed by atoms with Crippen LogP contribution < -0.4 is 5.32 Å². The molecule has 0 aromatic carbocycles. The quantitative estimate of drug-likeness (QED) is 0.509. The van der Waals surface area contributed by atoms with Gasteiger partial charge in [0.1, 0.15) is 0 Å². The number of amides is 1. The van der Waals surface area contributed by atoms with Crippen molar-refractivity contribution in [1.82, 2.24) is 10.2 Å². The second-order valence-corrected chi connectivity index (χ2v) is 5.86. The third-order valence-corrected chi connectivity index (χ3v) is 3.42. The number of hydrogen-bond donors (Lipinski definition) is 2. The van der Waals surface area contributed by atoms with Crippen molar-refractivity contribution in [2.45, 2.75) is 64.5 Å². The van der Waals surface area contributed by atoms with E-state index in [1.54, 1.807) is 25.9 Å². The Morgan fingerprint density at radius 1 is 1.19 bits per heavy atom. The van der Waals surface area contributed by atoms with E-state index in [1.165, 1.54) is 32.1 Å². The molecule has 2 atom stereocenters. The van der Waals surface area contributed by atoms with Gasteiger partial charge in [0.2, 0.25) is 5.91 Å². The number of ether oxygens (including phenoxy) is 1. The summed E-state index contributed by atoms with van der Waals surface area (Å²) in [5.74, 6) is 0.00944. The Balaban J connectivity index is 3.46. The van der Waals surface area contributed by atoms with Crippen LogP contribution in [-0.2, 0) is 9.53 Å². The van der Waals surface area contributed by atoms with E-state index in [9.17, 15) is 9.90 Å². The summed E-state index contributed by atoms with van der Waals surface area (Å²) in [5.41, 5.74) is 0. The predicted octanol–water partition coefficient (Wildman–Crippen LogP) is 1.79. The molecule has 126 valence electrons. The Morgan fingerprint density at radius 3 is 2.43 bits per heavy atom. The molecule has 0 rings (SSSR count). The number of aliphatic hydroxyl groups excluding tert-OH is 1. The molecule has 0 heterocycles. The van der Waals surface area contributed by atoms with Gasteiger partial charge in [0, 0.05) is 27.2 Å². The first-order valence-corrected chi connectivity index (χ1v) is 8.19. The third kappa shape index (κ3) is 11.7. The fourth-order valence-electron chi connectivity index (χ4n) is 2.05. The highest BCUT2D eigenvalue weighted by atomic mass is 16.5. The molecule has 0 radical (unpaired) electrons. The van der Waals surface area contributed by atoms with Gasteiger partial charge < -0.3 is 20.1 Å². The molecule has 5 heteroatoms. The van der Waals surface area contributed by atoms with Crippen molar-refractivity contribution in [3.63, 3.8) is 0 Å². The molecular weight excluding hydrogens is 268 g/mol. The Labute approximate surface area is 130 Å². The molecule has 21 heavy (non-hydrogen) atoms. The number of carbonyl (C=O) groups is 1. The summed E-state index contributed by atoms with van der Waals surface area (Å²) >= 11 is 0. The van der Waals surface area contributed by atoms with E-state index in [1.807, 2.05) is 0 Å². The number of unbranched alkanes of at least 4 members (excludes halogenated alkanes) is 5. The van der Waals surface area contributed by atoms with Crippen LogP contribution in [0.25, 0.3) is 0 Å². The summed E-state index contributed by atoms with van der Waals surface area (Å²) in [7, 11) is 3.45. The number of hydrogen-bond acceptors (Lipinski definition) is 4. The molecule has 0 saturated carbocycles. The van der Waals surface area contributed by atoms with Gasteiger partial charge in [-0.15, -0.1) is 0 Å². The largest absolute Gasteiger partial charge is 0.389 e. The fourth-order valence-corrected chi connectivity index (χ4v) is 2.05. The van der Waals surface area contributed by atoms with Crippen molar-refractivity contribution in [2.75, 3.05) is 33.9 Å². The number of carbonyl (C=O) groups excluding carboxylic acids is 1. The van der Waals surface area contributed by atoms with Crippen molar-refractivity contribution in [3.05, 3.63) is 0 Å². The van der Waals surface area contributed by atoms with Gasteiger partial charge >= 0.3 is 0 Å². The van der Waals surface area contributed by atoms with E-state index in [0.29, 0.717) is 19.8 Å². The van der Waals surface area contributed by atoms with E-state index in [2.05, 4.69) is 12.2 Å². The van der Waals surface area contributed by atoms with E-state index in [-0.39, 0.29) is 11.9 Å². The van der Waals surface area contributed by atoms with Crippen LogP contribution in [0.15, 0.2) is 0 Å². The van der Waals surface area contributed by atoms with Crippen LogP contribution in [0.4, 0.5) is 0 Å². The summed E-state index contributed by atoms with van der Waals surface area (Å²) in [6, 6.07) is -0.284. The summed E-state index contributed by atoms with van der Waals surface area (Å²) < 4.78 is 5.46. The maximum Gasteiger partial charge on any atom is 0.238 e. The van der Waals surface area contributed by atoms with Crippen molar-refractivity contribution < 1.29 is 14.6 Å². The van der Waals surface area contributed by atoms with Gasteiger partial charge in [0.05, 0.1) is 18.8 Å². The van der Waals surface area contributed by atoms with Crippen LogP contribution in [0.5, 0.6) is 0 Å². The molecule has 0 saturated heterocycles. The fraction of sp³-hybridized carbons (Fsp3) is 0.938. The van der Waals surface area contributed by atoms with Crippen LogP contribution >= 0.6 is 0 Å². The van der Waals surface area contributed by atoms with Crippen molar-refractivity contribution in [3.8, 4) is 0 Å². The molecule has 0 aliphatic rings. The summed E-state index contributed by atoms with van der Waals surface area (Å²) in [6.45, 7) is 5.41. The minimum Gasteiger partial charge on any atom is -0.389 e. The van der Waals surface area contributed by atoms with Gasteiger partial charge in [-0.3, -0.25) is 4.79 Å². The normalized spacial score (nSPS) is 14.0. The first-order chi connectivity index (χ1) is 9.99. The van der Waals surface area contributed by atoms with Gasteiger partial charge in [-0.1, -0.05) is 39.0 Å². The Kier molecular flexibility index (Phi) is 12.6. The topological polar surface area (TPSA) is 61.8 Å². The van der Waals surface area contributed by atoms with E-state index in [4.69, 9.17) is 4.74 Å². The van der Waals surface area contributed by atoms with Crippen LogP contribution in [0.3, 0.4) is 0 Å². The second kappa shape index (κ2) is 13.0. The third-order valence-electron chi connectivity index (χ3n) is 3.42. The average Bonchev–Trinajstić information content (AvgIpc) is 2.46. The number of aliphatic hydroxyl groups is 1. The monoisotopic (exact) mass is 302 g/mol. The highest BCUT2D eigenvalue weighted by Gasteiger charge is 2.15. The van der Waals surface area contributed by atoms with E-state index in [0.717, 1.165) is 6.42 Å². The van der Waals surface area contributed by atoms with Crippen LogP contribution in [0.1, 0.15) is 52.4 Å². The molecular formula is C16H34N2O3. The number of rotatable bonds is 13. The molecule has 2 N–H and O–H groups in total. The van der Waals surface area contributed by atoms with Crippen molar-refractivity contribution >= 4 is 5.91 Å². The SMILES string of the molecule is CCCCCCCCOCC(O)CNC(C)C(=O)N(C)C. The Hall–Kier alpha value is -0.650. The average molecular weight is 302 g/mol. The lowest BCUT2D eigenvalue weighted by molar-refractivity contribution is -0.130. The highest BCUT2D eigenvalue weighted by Crippen LogP contribution is 2.04. The Bertz CT molecular complexity index is 260. The summed E-state index contributed by atoms with van der Waals surface area (Å²) in [5, 5.41) is 12.8. The molecule has 1 amide bonds. The lowest BCUT2D eigenvalue weighted by atomic mass is 10.1. The molecule has 2 unspecified atom stereocenters. The zero-order valence-corrected chi connectivity index (χ0v) is 14.2. The number of likely N-dealkylation sites (N-methyl/N-ethyl adjacent to an activating group) is 1. The second-order valence-electron chi connectivity index (χ2n) is 5.86. The van der Waals surface area contributed by atoms with Crippen LogP contribution in [-0.4, -0.2) is 61.9 Å². The lowest BCUT2D eigenvalue weighted by Gasteiger charge is -2.19. The molecule has 0 aromatic rings. The standard InChI is InChI=1S/C16H34N2O3/c1-5-6-7-8-9-10-11-21-13-15(19)12-17-14(2)16(20)18(3)4/h14-15,17,19H,5-13H2,1-4H3. The van der Waals surface area contributed by atoms with Crippen molar-refractivity contribution in [2.24, 2.45) is 0 Å². The first kappa shape index (κ1) is 20.3. The highest BCUT2D eigenvalue weighted by molar-refractivity contribution is 5.80. The maximum absolute atomic E-state index is 11.6. The van der Waals surface area contributed by atoms with E-state index < -0.39 is 6.10 Å². The minimum absolute atomic E-state index is 0.00944. The lowest BCUT2D eigenvalue weighted by Crippen LogP contribution is -2.45. The van der Waals surface area contributed by atoms with Crippen LogP contribution in [0.2, 0.25) is 0 Å². The smallest absolute Gasteiger partial charge is 0.238 e. The zero-order valence-electron chi connectivity index (χ0n) is 14.2. The molecule has 0 aromatic heterocycles. The Morgan fingerprint density at radius 2 is 1.81 bits per heavy atom. The van der Waals surface area contributed by atoms with Gasteiger partial charge in [0.15, 0.2) is 0 Å². The summed E-state index contributed by atoms with van der Waals surface area (Å²) in [6.07, 6.45) is 6.84. The summed E-state index contributed by atoms with van der Waals surface area (Å²) in [4.78, 5) is 13.2. The predicted molar refractivity (Wildman–Crippen MR) is 86.4 cm³/mol.